The van der Waals surface area contributed by atoms with Crippen LogP contribution in [0.2, 0.25) is 0 Å². The molecule has 0 aromatic carbocycles. The van der Waals surface area contributed by atoms with Crippen LogP contribution in [0.15, 0.2) is 12.4 Å². The van der Waals surface area contributed by atoms with E-state index in [9.17, 15) is 4.79 Å². The van der Waals surface area contributed by atoms with Gasteiger partial charge in [-0.1, -0.05) is 0 Å². The zero-order chi connectivity index (χ0) is 14.5. The molecule has 0 spiro atoms. The Morgan fingerprint density at radius 2 is 2.30 bits per heavy atom. The Labute approximate surface area is 121 Å². The van der Waals surface area contributed by atoms with E-state index >= 15 is 0 Å². The summed E-state index contributed by atoms with van der Waals surface area (Å²) in [4.78, 5) is 14.3. The molecule has 1 heterocycles. The van der Waals surface area contributed by atoms with Crippen molar-refractivity contribution in [1.29, 1.82) is 0 Å². The molecule has 1 amide bonds. The van der Waals surface area contributed by atoms with E-state index in [1.807, 2.05) is 19.4 Å². The molecule has 1 aliphatic carbocycles. The van der Waals surface area contributed by atoms with E-state index in [0.717, 1.165) is 24.8 Å². The Morgan fingerprint density at radius 1 is 1.50 bits per heavy atom. The molecule has 112 valence electrons. The normalized spacial score (nSPS) is 23.0. The van der Waals surface area contributed by atoms with Gasteiger partial charge in [0.2, 0.25) is 5.91 Å². The molecular formula is C15H26N4O. The Balaban J connectivity index is 1.73. The molecule has 2 rings (SSSR count). The largest absolute Gasteiger partial charge is 0.353 e. The highest BCUT2D eigenvalue weighted by molar-refractivity contribution is 5.76. The number of carbonyl (C=O) groups is 1. The van der Waals surface area contributed by atoms with Crippen LogP contribution in [0, 0.1) is 0 Å². The number of hydrogen-bond acceptors (Lipinski definition) is 3. The van der Waals surface area contributed by atoms with Crippen molar-refractivity contribution in [2.75, 3.05) is 14.1 Å². The molecule has 0 radical (unpaired) electrons. The lowest BCUT2D eigenvalue weighted by molar-refractivity contribution is -0.122. The predicted octanol–water partition coefficient (Wildman–Crippen LogP) is 1.34. The third-order valence-electron chi connectivity index (χ3n) is 4.14. The van der Waals surface area contributed by atoms with Gasteiger partial charge in [0.05, 0.1) is 6.20 Å². The summed E-state index contributed by atoms with van der Waals surface area (Å²) < 4.78 is 1.77. The van der Waals surface area contributed by atoms with Crippen LogP contribution in [0.3, 0.4) is 0 Å². The molecular weight excluding hydrogens is 252 g/mol. The third-order valence-corrected chi connectivity index (χ3v) is 4.14. The van der Waals surface area contributed by atoms with Gasteiger partial charge in [-0.2, -0.15) is 5.10 Å². The highest BCUT2D eigenvalue weighted by Crippen LogP contribution is 2.21. The van der Waals surface area contributed by atoms with Crippen molar-refractivity contribution in [3.63, 3.8) is 0 Å². The van der Waals surface area contributed by atoms with E-state index < -0.39 is 0 Å². The van der Waals surface area contributed by atoms with Crippen LogP contribution in [0.1, 0.15) is 37.7 Å². The first-order chi connectivity index (χ1) is 9.54. The Kier molecular flexibility index (Phi) is 5.17. The van der Waals surface area contributed by atoms with E-state index in [-0.39, 0.29) is 5.91 Å². The number of rotatable bonds is 5. The molecule has 1 aromatic heterocycles. The summed E-state index contributed by atoms with van der Waals surface area (Å²) in [6.45, 7) is 0. The number of aryl methyl sites for hydroxylation is 2. The highest BCUT2D eigenvalue weighted by Gasteiger charge is 2.24. The maximum absolute atomic E-state index is 12.0. The van der Waals surface area contributed by atoms with Gasteiger partial charge in [-0.15, -0.1) is 0 Å². The van der Waals surface area contributed by atoms with Crippen LogP contribution in [-0.2, 0) is 18.3 Å². The first-order valence-electron chi connectivity index (χ1n) is 7.48. The van der Waals surface area contributed by atoms with E-state index in [0.29, 0.717) is 18.5 Å². The maximum atomic E-state index is 12.0. The van der Waals surface area contributed by atoms with Crippen LogP contribution in [0.4, 0.5) is 0 Å². The van der Waals surface area contributed by atoms with Crippen molar-refractivity contribution >= 4 is 5.91 Å². The molecule has 1 fully saturated rings. The van der Waals surface area contributed by atoms with E-state index in [4.69, 9.17) is 0 Å². The Morgan fingerprint density at radius 3 is 2.95 bits per heavy atom. The minimum atomic E-state index is 0.165. The number of amides is 1. The van der Waals surface area contributed by atoms with E-state index in [2.05, 4.69) is 29.4 Å². The lowest BCUT2D eigenvalue weighted by Crippen LogP contribution is -2.43. The molecule has 1 saturated carbocycles. The summed E-state index contributed by atoms with van der Waals surface area (Å²) in [7, 11) is 6.14. The quantitative estimate of drug-likeness (QED) is 0.884. The maximum Gasteiger partial charge on any atom is 0.220 e. The van der Waals surface area contributed by atoms with Gasteiger partial charge in [0.15, 0.2) is 0 Å². The van der Waals surface area contributed by atoms with E-state index in [1.165, 1.54) is 12.8 Å². The smallest absolute Gasteiger partial charge is 0.220 e. The van der Waals surface area contributed by atoms with E-state index in [1.54, 1.807) is 4.68 Å². The molecule has 0 aliphatic heterocycles. The SMILES string of the molecule is CN(C)[C@H]1CCC[C@@H](NC(=O)CCc2cnn(C)c2)C1. The predicted molar refractivity (Wildman–Crippen MR) is 79.4 cm³/mol. The molecule has 5 nitrogen and oxygen atoms in total. The van der Waals surface area contributed by atoms with Crippen LogP contribution in [0.25, 0.3) is 0 Å². The molecule has 1 N–H and O–H groups in total. The summed E-state index contributed by atoms with van der Waals surface area (Å²) in [6.07, 6.45) is 9.75. The van der Waals surface area contributed by atoms with Gasteiger partial charge in [-0.25, -0.2) is 0 Å². The zero-order valence-electron chi connectivity index (χ0n) is 12.8. The van der Waals surface area contributed by atoms with Gasteiger partial charge >= 0.3 is 0 Å². The molecule has 1 aliphatic rings. The standard InChI is InChI=1S/C15H26N4O/c1-18(2)14-6-4-5-13(9-14)17-15(20)8-7-12-10-16-19(3)11-12/h10-11,13-14H,4-9H2,1-3H3,(H,17,20)/t13-,14+/m1/s1. The van der Waals surface area contributed by atoms with Gasteiger partial charge in [0.25, 0.3) is 0 Å². The summed E-state index contributed by atoms with van der Waals surface area (Å²) in [6, 6.07) is 0.949. The highest BCUT2D eigenvalue weighted by atomic mass is 16.1. The Bertz CT molecular complexity index is 441. The third kappa shape index (κ3) is 4.34. The first-order valence-corrected chi connectivity index (χ1v) is 7.48. The average Bonchev–Trinajstić information content (AvgIpc) is 2.82. The summed E-state index contributed by atoms with van der Waals surface area (Å²) in [5, 5.41) is 7.31. The number of carbonyl (C=O) groups excluding carboxylic acids is 1. The number of nitrogens with zero attached hydrogens (tertiary/aromatic N) is 3. The van der Waals surface area contributed by atoms with Gasteiger partial charge in [0, 0.05) is 31.7 Å². The molecule has 2 atom stereocenters. The number of hydrogen-bond donors (Lipinski definition) is 1. The molecule has 1 aromatic rings. The second kappa shape index (κ2) is 6.88. The van der Waals surface area contributed by atoms with Gasteiger partial charge in [-0.3, -0.25) is 9.48 Å². The van der Waals surface area contributed by atoms with Crippen molar-refractivity contribution in [3.05, 3.63) is 18.0 Å². The second-order valence-corrected chi connectivity index (χ2v) is 6.07. The molecule has 0 unspecified atom stereocenters. The monoisotopic (exact) mass is 278 g/mol. The van der Waals surface area contributed by atoms with Crippen molar-refractivity contribution in [2.24, 2.45) is 7.05 Å². The minimum absolute atomic E-state index is 0.165. The van der Waals surface area contributed by atoms with Crippen molar-refractivity contribution in [2.45, 2.75) is 50.6 Å². The van der Waals surface area contributed by atoms with Crippen molar-refractivity contribution in [3.8, 4) is 0 Å². The summed E-state index contributed by atoms with van der Waals surface area (Å²) in [5.41, 5.74) is 1.12. The van der Waals surface area contributed by atoms with Crippen LogP contribution >= 0.6 is 0 Å². The fourth-order valence-corrected chi connectivity index (χ4v) is 2.92. The van der Waals surface area contributed by atoms with Crippen molar-refractivity contribution in [1.82, 2.24) is 20.0 Å². The second-order valence-electron chi connectivity index (χ2n) is 6.07. The van der Waals surface area contributed by atoms with Gasteiger partial charge in [-0.05, 0) is 51.8 Å². The van der Waals surface area contributed by atoms with Crippen LogP contribution < -0.4 is 5.32 Å². The van der Waals surface area contributed by atoms with Crippen LogP contribution in [0.5, 0.6) is 0 Å². The summed E-state index contributed by atoms with van der Waals surface area (Å²) in [5.74, 6) is 0.165. The van der Waals surface area contributed by atoms with Crippen molar-refractivity contribution < 1.29 is 4.79 Å². The Hall–Kier alpha value is -1.36. The first kappa shape index (κ1) is 15.0. The number of nitrogens with one attached hydrogen (secondary N) is 1. The number of aromatic nitrogens is 2. The lowest BCUT2D eigenvalue weighted by Gasteiger charge is -2.33. The van der Waals surface area contributed by atoms with Gasteiger partial charge < -0.3 is 10.2 Å². The molecule has 5 heteroatoms. The molecule has 20 heavy (non-hydrogen) atoms. The lowest BCUT2D eigenvalue weighted by atomic mass is 9.90. The minimum Gasteiger partial charge on any atom is -0.353 e. The fourth-order valence-electron chi connectivity index (χ4n) is 2.92. The molecule has 0 bridgehead atoms. The zero-order valence-corrected chi connectivity index (χ0v) is 12.8. The fraction of sp³-hybridized carbons (Fsp3) is 0.733. The topological polar surface area (TPSA) is 50.2 Å². The average molecular weight is 278 g/mol. The van der Waals surface area contributed by atoms with Crippen LogP contribution in [-0.4, -0.2) is 46.8 Å². The molecule has 0 saturated heterocycles. The summed E-state index contributed by atoms with van der Waals surface area (Å²) >= 11 is 0. The van der Waals surface area contributed by atoms with Gasteiger partial charge in [0.1, 0.15) is 0 Å².